The lowest BCUT2D eigenvalue weighted by Crippen LogP contribution is -2.10. The fourth-order valence-electron chi connectivity index (χ4n) is 1.72. The Kier molecular flexibility index (Phi) is 7.18. The Labute approximate surface area is 115 Å². The lowest BCUT2D eigenvalue weighted by molar-refractivity contribution is 0.283. The summed E-state index contributed by atoms with van der Waals surface area (Å²) >= 11 is 0. The lowest BCUT2D eigenvalue weighted by Gasteiger charge is -2.12. The molecule has 0 amide bonds. The maximum absolute atomic E-state index is 8.73. The van der Waals surface area contributed by atoms with Crippen LogP contribution in [0.15, 0.2) is 6.07 Å². The van der Waals surface area contributed by atoms with Gasteiger partial charge in [-0.15, -0.1) is 0 Å². The van der Waals surface area contributed by atoms with Crippen molar-refractivity contribution in [3.8, 4) is 0 Å². The van der Waals surface area contributed by atoms with Gasteiger partial charge < -0.3 is 15.7 Å². The minimum atomic E-state index is 0.273. The highest BCUT2D eigenvalue weighted by Crippen LogP contribution is 2.17. The molecule has 1 heterocycles. The number of aliphatic hydroxyl groups excluding tert-OH is 1. The molecule has 5 heteroatoms. The molecule has 0 saturated carbocycles. The zero-order valence-electron chi connectivity index (χ0n) is 12.2. The Bertz CT molecular complexity index is 368. The molecule has 0 aliphatic heterocycles. The van der Waals surface area contributed by atoms with Gasteiger partial charge in [-0.1, -0.05) is 13.8 Å². The van der Waals surface area contributed by atoms with E-state index in [9.17, 15) is 0 Å². The van der Waals surface area contributed by atoms with Crippen molar-refractivity contribution in [2.75, 3.05) is 30.3 Å². The van der Waals surface area contributed by atoms with Crippen LogP contribution in [0.4, 0.5) is 11.6 Å². The summed E-state index contributed by atoms with van der Waals surface area (Å²) in [5.74, 6) is 2.92. The van der Waals surface area contributed by atoms with E-state index in [1.54, 1.807) is 0 Å². The second-order valence-electron chi connectivity index (χ2n) is 4.89. The van der Waals surface area contributed by atoms with Crippen molar-refractivity contribution in [1.29, 1.82) is 0 Å². The Balaban J connectivity index is 2.60. The van der Waals surface area contributed by atoms with Crippen LogP contribution in [0, 0.1) is 0 Å². The van der Waals surface area contributed by atoms with E-state index in [1.807, 2.05) is 6.07 Å². The number of rotatable bonds is 9. The van der Waals surface area contributed by atoms with Gasteiger partial charge >= 0.3 is 0 Å². The van der Waals surface area contributed by atoms with Crippen molar-refractivity contribution in [3.05, 3.63) is 11.9 Å². The number of nitrogens with one attached hydrogen (secondary N) is 2. The van der Waals surface area contributed by atoms with Gasteiger partial charge in [0.15, 0.2) is 0 Å². The van der Waals surface area contributed by atoms with Crippen molar-refractivity contribution in [1.82, 2.24) is 9.97 Å². The number of hydrogen-bond acceptors (Lipinski definition) is 5. The first-order valence-electron chi connectivity index (χ1n) is 7.15. The molecule has 1 rings (SSSR count). The van der Waals surface area contributed by atoms with Crippen LogP contribution >= 0.6 is 0 Å². The molecular formula is C14H26N4O. The first-order chi connectivity index (χ1) is 9.17. The van der Waals surface area contributed by atoms with Gasteiger partial charge in [-0.05, 0) is 26.2 Å². The second kappa shape index (κ2) is 8.69. The molecule has 0 aromatic carbocycles. The van der Waals surface area contributed by atoms with E-state index >= 15 is 0 Å². The second-order valence-corrected chi connectivity index (χ2v) is 4.89. The third kappa shape index (κ3) is 5.87. The maximum atomic E-state index is 8.73. The first-order valence-corrected chi connectivity index (χ1v) is 7.15. The molecule has 0 atom stereocenters. The summed E-state index contributed by atoms with van der Waals surface area (Å²) in [6.45, 7) is 8.24. The molecule has 3 N–H and O–H groups in total. The molecule has 19 heavy (non-hydrogen) atoms. The Morgan fingerprint density at radius 2 is 1.79 bits per heavy atom. The van der Waals surface area contributed by atoms with Crippen LogP contribution in [0.5, 0.6) is 0 Å². The molecule has 0 unspecified atom stereocenters. The molecule has 0 saturated heterocycles. The number of nitrogens with zero attached hydrogens (tertiary/aromatic N) is 2. The van der Waals surface area contributed by atoms with Crippen molar-refractivity contribution in [2.24, 2.45) is 0 Å². The number of aliphatic hydroxyl groups is 1. The van der Waals surface area contributed by atoms with Crippen molar-refractivity contribution >= 4 is 11.6 Å². The number of hydrogen-bond donors (Lipinski definition) is 3. The summed E-state index contributed by atoms with van der Waals surface area (Å²) < 4.78 is 0. The highest BCUT2D eigenvalue weighted by atomic mass is 16.2. The Morgan fingerprint density at radius 3 is 2.37 bits per heavy atom. The molecule has 5 nitrogen and oxygen atoms in total. The zero-order valence-corrected chi connectivity index (χ0v) is 12.2. The molecule has 0 aliphatic carbocycles. The average Bonchev–Trinajstić information content (AvgIpc) is 2.38. The normalized spacial score (nSPS) is 10.8. The van der Waals surface area contributed by atoms with Gasteiger partial charge in [0.25, 0.3) is 0 Å². The van der Waals surface area contributed by atoms with Crippen molar-refractivity contribution in [2.45, 2.75) is 46.0 Å². The topological polar surface area (TPSA) is 70.1 Å². The van der Waals surface area contributed by atoms with Gasteiger partial charge in [0.05, 0.1) is 0 Å². The van der Waals surface area contributed by atoms with Crippen LogP contribution < -0.4 is 10.6 Å². The van der Waals surface area contributed by atoms with Crippen LogP contribution in [0.2, 0.25) is 0 Å². The largest absolute Gasteiger partial charge is 0.396 e. The molecule has 0 radical (unpaired) electrons. The van der Waals surface area contributed by atoms with Crippen molar-refractivity contribution in [3.63, 3.8) is 0 Å². The number of aromatic nitrogens is 2. The molecule has 0 spiro atoms. The van der Waals surface area contributed by atoms with Crippen LogP contribution in [0.1, 0.15) is 51.8 Å². The smallest absolute Gasteiger partial charge is 0.135 e. The van der Waals surface area contributed by atoms with Gasteiger partial charge in [0.1, 0.15) is 17.5 Å². The lowest BCUT2D eigenvalue weighted by atomic mass is 10.2. The Hall–Kier alpha value is -1.36. The van der Waals surface area contributed by atoms with Gasteiger partial charge in [-0.25, -0.2) is 9.97 Å². The third-order valence-electron chi connectivity index (χ3n) is 2.76. The van der Waals surface area contributed by atoms with E-state index in [0.29, 0.717) is 5.92 Å². The van der Waals surface area contributed by atoms with Crippen molar-refractivity contribution < 1.29 is 5.11 Å². The highest BCUT2D eigenvalue weighted by molar-refractivity contribution is 5.47. The number of anilines is 2. The van der Waals surface area contributed by atoms with Crippen LogP contribution in [-0.4, -0.2) is 34.8 Å². The highest BCUT2D eigenvalue weighted by Gasteiger charge is 2.07. The molecular weight excluding hydrogens is 240 g/mol. The van der Waals surface area contributed by atoms with Gasteiger partial charge in [-0.2, -0.15) is 0 Å². The summed E-state index contributed by atoms with van der Waals surface area (Å²) in [7, 11) is 0. The molecule has 1 aromatic heterocycles. The summed E-state index contributed by atoms with van der Waals surface area (Å²) in [5, 5.41) is 15.3. The summed E-state index contributed by atoms with van der Waals surface area (Å²) in [4.78, 5) is 9.01. The average molecular weight is 266 g/mol. The quantitative estimate of drug-likeness (QED) is 0.599. The van der Waals surface area contributed by atoms with Gasteiger partial charge in [-0.3, -0.25) is 0 Å². The monoisotopic (exact) mass is 266 g/mol. The van der Waals surface area contributed by atoms with Gasteiger partial charge in [0, 0.05) is 31.7 Å². The standard InChI is InChI=1S/C14H26N4O/c1-4-15-12-10-13(16-8-6-5-7-9-19)18-14(17-12)11(2)3/h10-11,19H,4-9H2,1-3H3,(H2,15,16,17,18). The minimum absolute atomic E-state index is 0.273. The molecule has 1 aromatic rings. The Morgan fingerprint density at radius 1 is 1.11 bits per heavy atom. The fraction of sp³-hybridized carbons (Fsp3) is 0.714. The van der Waals surface area contributed by atoms with Crippen LogP contribution in [0.25, 0.3) is 0 Å². The van der Waals surface area contributed by atoms with E-state index in [0.717, 1.165) is 49.8 Å². The van der Waals surface area contributed by atoms with E-state index in [4.69, 9.17) is 5.11 Å². The van der Waals surface area contributed by atoms with Gasteiger partial charge in [0.2, 0.25) is 0 Å². The third-order valence-corrected chi connectivity index (χ3v) is 2.76. The van der Waals surface area contributed by atoms with E-state index in [1.165, 1.54) is 0 Å². The summed E-state index contributed by atoms with van der Waals surface area (Å²) in [6, 6.07) is 1.95. The van der Waals surface area contributed by atoms with E-state index in [2.05, 4.69) is 41.4 Å². The number of unbranched alkanes of at least 4 members (excludes halogenated alkanes) is 2. The summed E-state index contributed by atoms with van der Waals surface area (Å²) in [6.07, 6.45) is 2.94. The van der Waals surface area contributed by atoms with Crippen LogP contribution in [-0.2, 0) is 0 Å². The van der Waals surface area contributed by atoms with E-state index < -0.39 is 0 Å². The molecule has 0 fully saturated rings. The fourth-order valence-corrected chi connectivity index (χ4v) is 1.72. The predicted molar refractivity (Wildman–Crippen MR) is 79.7 cm³/mol. The SMILES string of the molecule is CCNc1cc(NCCCCCO)nc(C(C)C)n1. The molecule has 108 valence electrons. The maximum Gasteiger partial charge on any atom is 0.135 e. The van der Waals surface area contributed by atoms with E-state index in [-0.39, 0.29) is 6.61 Å². The predicted octanol–water partition coefficient (Wildman–Crippen LogP) is 2.61. The molecule has 0 bridgehead atoms. The minimum Gasteiger partial charge on any atom is -0.396 e. The zero-order chi connectivity index (χ0) is 14.1. The first kappa shape index (κ1) is 15.7. The summed E-state index contributed by atoms with van der Waals surface area (Å²) in [5.41, 5.74) is 0. The molecule has 0 aliphatic rings. The van der Waals surface area contributed by atoms with Crippen LogP contribution in [0.3, 0.4) is 0 Å².